The zero-order valence-electron chi connectivity index (χ0n) is 17.5. The third kappa shape index (κ3) is 3.97. The lowest BCUT2D eigenvalue weighted by molar-refractivity contribution is 0.100. The van der Waals surface area contributed by atoms with Crippen LogP contribution in [0.4, 0.5) is 5.82 Å². The number of benzene rings is 2. The van der Waals surface area contributed by atoms with Crippen LogP contribution < -0.4 is 21.3 Å². The molecular formula is C21H20BN7O4. The highest BCUT2D eigenvalue weighted by Gasteiger charge is 2.22. The first-order valence-electron chi connectivity index (χ1n) is 10.4. The fourth-order valence-electron chi connectivity index (χ4n) is 3.80. The molecule has 0 bridgehead atoms. The molecule has 0 aliphatic carbocycles. The van der Waals surface area contributed by atoms with Crippen LogP contribution in [-0.4, -0.2) is 54.6 Å². The molecule has 33 heavy (non-hydrogen) atoms. The van der Waals surface area contributed by atoms with Gasteiger partial charge >= 0.3 is 7.12 Å². The van der Waals surface area contributed by atoms with Gasteiger partial charge in [-0.1, -0.05) is 35.5 Å². The van der Waals surface area contributed by atoms with Crippen LogP contribution in [0.15, 0.2) is 42.5 Å². The number of carbonyl (C=O) groups excluding carboxylic acids is 1. The first-order valence-corrected chi connectivity index (χ1v) is 10.4. The van der Waals surface area contributed by atoms with Crippen LogP contribution in [-0.2, 0) is 13.0 Å². The van der Waals surface area contributed by atoms with Gasteiger partial charge in [0.15, 0.2) is 0 Å². The van der Waals surface area contributed by atoms with E-state index < -0.39 is 13.0 Å². The van der Waals surface area contributed by atoms with E-state index in [1.807, 2.05) is 6.07 Å². The molecule has 5 rings (SSSR count). The molecule has 2 aromatic carbocycles. The van der Waals surface area contributed by atoms with Crippen LogP contribution >= 0.6 is 0 Å². The molecule has 11 nitrogen and oxygen atoms in total. The summed E-state index contributed by atoms with van der Waals surface area (Å²) in [5.74, 6) is 0.684. The van der Waals surface area contributed by atoms with E-state index in [0.29, 0.717) is 41.3 Å². The number of carbonyl (C=O) groups is 1. The summed E-state index contributed by atoms with van der Waals surface area (Å²) in [6, 6.07) is 12.0. The standard InChI is InChI=1S/C21H20BN7O4/c23-18(30)14-6-2-8-16-17(14)27-28-29(16)21-25-19(15-7-3-9-33-20(15)26-21)24-11-12-4-1-5-13(10-12)22(31)32/h1-2,4-6,8,10,31-32H,3,7,9,11H2,(H2,23,30)(H,24,25,26). The lowest BCUT2D eigenvalue weighted by Gasteiger charge is -2.20. The Morgan fingerprint density at radius 2 is 2.06 bits per heavy atom. The van der Waals surface area contributed by atoms with Gasteiger partial charge in [0.2, 0.25) is 5.88 Å². The van der Waals surface area contributed by atoms with Gasteiger partial charge in [0, 0.05) is 6.54 Å². The second-order valence-corrected chi connectivity index (χ2v) is 7.62. The summed E-state index contributed by atoms with van der Waals surface area (Å²) in [5, 5.41) is 30.4. The number of hydrogen-bond acceptors (Lipinski definition) is 9. The third-order valence-corrected chi connectivity index (χ3v) is 5.41. The summed E-state index contributed by atoms with van der Waals surface area (Å²) < 4.78 is 7.23. The Kier molecular flexibility index (Phi) is 5.36. The number of anilines is 1. The van der Waals surface area contributed by atoms with E-state index in [2.05, 4.69) is 25.6 Å². The fraction of sp³-hybridized carbons (Fsp3) is 0.190. The number of rotatable bonds is 6. The van der Waals surface area contributed by atoms with Gasteiger partial charge in [0.1, 0.15) is 11.3 Å². The summed E-state index contributed by atoms with van der Waals surface area (Å²) in [5.41, 5.74) is 8.73. The number of amides is 1. The van der Waals surface area contributed by atoms with E-state index in [1.54, 1.807) is 36.4 Å². The van der Waals surface area contributed by atoms with Crippen molar-refractivity contribution >= 4 is 35.3 Å². The molecule has 0 atom stereocenters. The van der Waals surface area contributed by atoms with E-state index in [9.17, 15) is 14.8 Å². The number of hydrogen-bond donors (Lipinski definition) is 4. The van der Waals surface area contributed by atoms with E-state index in [0.717, 1.165) is 24.0 Å². The molecule has 3 heterocycles. The van der Waals surface area contributed by atoms with E-state index in [4.69, 9.17) is 10.5 Å². The van der Waals surface area contributed by atoms with Gasteiger partial charge < -0.3 is 25.8 Å². The van der Waals surface area contributed by atoms with Gasteiger partial charge in [-0.05, 0) is 36.0 Å². The minimum absolute atomic E-state index is 0.238. The van der Waals surface area contributed by atoms with Gasteiger partial charge in [0.05, 0.1) is 23.3 Å². The zero-order valence-corrected chi connectivity index (χ0v) is 17.5. The lowest BCUT2D eigenvalue weighted by Crippen LogP contribution is -2.30. The van der Waals surface area contributed by atoms with Crippen molar-refractivity contribution in [3.05, 3.63) is 59.2 Å². The highest BCUT2D eigenvalue weighted by Crippen LogP contribution is 2.30. The molecule has 4 aromatic rings. The molecule has 0 spiro atoms. The summed E-state index contributed by atoms with van der Waals surface area (Å²) >= 11 is 0. The van der Waals surface area contributed by atoms with Crippen molar-refractivity contribution in [2.45, 2.75) is 19.4 Å². The number of primary amides is 1. The predicted octanol–water partition coefficient (Wildman–Crippen LogP) is -0.0737. The van der Waals surface area contributed by atoms with Gasteiger partial charge in [-0.15, -0.1) is 5.10 Å². The molecule has 0 saturated carbocycles. The highest BCUT2D eigenvalue weighted by atomic mass is 16.5. The summed E-state index contributed by atoms with van der Waals surface area (Å²) in [6.45, 7) is 0.941. The average molecular weight is 445 g/mol. The van der Waals surface area contributed by atoms with Crippen LogP contribution in [0, 0.1) is 0 Å². The van der Waals surface area contributed by atoms with E-state index in [-0.39, 0.29) is 11.5 Å². The Morgan fingerprint density at radius 3 is 2.88 bits per heavy atom. The average Bonchev–Trinajstić information content (AvgIpc) is 3.26. The molecule has 5 N–H and O–H groups in total. The molecule has 0 saturated heterocycles. The molecular weight excluding hydrogens is 425 g/mol. The van der Waals surface area contributed by atoms with Crippen molar-refractivity contribution in [1.29, 1.82) is 0 Å². The summed E-state index contributed by atoms with van der Waals surface area (Å²) in [4.78, 5) is 21.0. The SMILES string of the molecule is NC(=O)c1cccc2c1nnn2-c1nc(NCc2cccc(B(O)O)c2)c2c(n1)OCCC2. The van der Waals surface area contributed by atoms with Gasteiger partial charge in [-0.3, -0.25) is 4.79 Å². The van der Waals surface area contributed by atoms with Crippen LogP contribution in [0.2, 0.25) is 0 Å². The Balaban J connectivity index is 1.54. The number of nitrogens with zero attached hydrogens (tertiary/aromatic N) is 5. The smallest absolute Gasteiger partial charge is 0.477 e. The molecule has 0 fully saturated rings. The molecule has 1 aliphatic heterocycles. The van der Waals surface area contributed by atoms with Gasteiger partial charge in [-0.2, -0.15) is 14.6 Å². The molecule has 0 radical (unpaired) electrons. The molecule has 0 unspecified atom stereocenters. The minimum atomic E-state index is -1.54. The molecule has 1 aliphatic rings. The quantitative estimate of drug-likeness (QED) is 0.298. The van der Waals surface area contributed by atoms with Crippen molar-refractivity contribution in [2.75, 3.05) is 11.9 Å². The van der Waals surface area contributed by atoms with E-state index >= 15 is 0 Å². The van der Waals surface area contributed by atoms with Crippen LogP contribution in [0.1, 0.15) is 27.9 Å². The maximum absolute atomic E-state index is 11.7. The number of aromatic nitrogens is 5. The maximum Gasteiger partial charge on any atom is 0.488 e. The Hall–Kier alpha value is -4.03. The van der Waals surface area contributed by atoms with Crippen molar-refractivity contribution in [1.82, 2.24) is 25.0 Å². The van der Waals surface area contributed by atoms with Crippen molar-refractivity contribution in [3.8, 4) is 11.8 Å². The number of nitrogens with one attached hydrogen (secondary N) is 1. The van der Waals surface area contributed by atoms with Gasteiger partial charge in [-0.25, -0.2) is 0 Å². The molecule has 166 valence electrons. The topological polar surface area (TPSA) is 161 Å². The molecule has 2 aromatic heterocycles. The molecule has 12 heteroatoms. The van der Waals surface area contributed by atoms with Crippen molar-refractivity contribution < 1.29 is 19.6 Å². The third-order valence-electron chi connectivity index (χ3n) is 5.41. The Labute approximate surface area is 188 Å². The van der Waals surface area contributed by atoms with Crippen molar-refractivity contribution in [2.24, 2.45) is 5.73 Å². The normalized spacial score (nSPS) is 12.8. The largest absolute Gasteiger partial charge is 0.488 e. The lowest BCUT2D eigenvalue weighted by atomic mass is 9.79. The first kappa shape index (κ1) is 20.9. The maximum atomic E-state index is 11.7. The highest BCUT2D eigenvalue weighted by molar-refractivity contribution is 6.58. The minimum Gasteiger partial charge on any atom is -0.477 e. The second kappa shape index (κ2) is 8.49. The number of ether oxygens (including phenoxy) is 1. The number of fused-ring (bicyclic) bond motifs is 2. The van der Waals surface area contributed by atoms with E-state index in [1.165, 1.54) is 4.68 Å². The zero-order chi connectivity index (χ0) is 22.9. The van der Waals surface area contributed by atoms with Crippen molar-refractivity contribution in [3.63, 3.8) is 0 Å². The van der Waals surface area contributed by atoms with Crippen LogP contribution in [0.25, 0.3) is 17.0 Å². The summed E-state index contributed by atoms with van der Waals surface area (Å²) in [7, 11) is -1.54. The summed E-state index contributed by atoms with van der Waals surface area (Å²) in [6.07, 6.45) is 1.59. The number of nitrogens with two attached hydrogens (primary N) is 1. The molecule has 1 amide bonds. The monoisotopic (exact) mass is 445 g/mol. The Morgan fingerprint density at radius 1 is 1.21 bits per heavy atom. The second-order valence-electron chi connectivity index (χ2n) is 7.62. The van der Waals surface area contributed by atoms with Crippen LogP contribution in [0.3, 0.4) is 0 Å². The fourth-order valence-corrected chi connectivity index (χ4v) is 3.80. The van der Waals surface area contributed by atoms with Gasteiger partial charge in [0.25, 0.3) is 11.9 Å². The Bertz CT molecular complexity index is 1360. The first-order chi connectivity index (χ1) is 16.0. The van der Waals surface area contributed by atoms with Crippen LogP contribution in [0.5, 0.6) is 5.88 Å². The predicted molar refractivity (Wildman–Crippen MR) is 120 cm³/mol.